The van der Waals surface area contributed by atoms with Crippen LogP contribution in [0.3, 0.4) is 0 Å². The molecule has 0 radical (unpaired) electrons. The fourth-order valence-electron chi connectivity index (χ4n) is 6.00. The van der Waals surface area contributed by atoms with E-state index >= 15 is 0 Å². The molecule has 1 amide bonds. The number of phosphoric ester groups is 1. The summed E-state index contributed by atoms with van der Waals surface area (Å²) in [5, 5.41) is 13.7. The van der Waals surface area contributed by atoms with E-state index < -0.39 is 20.0 Å². The Hall–Kier alpha value is -1.02. The number of carbonyl (C=O) groups is 1. The van der Waals surface area contributed by atoms with Crippen LogP contribution in [0.4, 0.5) is 0 Å². The largest absolute Gasteiger partial charge is 0.472 e. The molecule has 3 atom stereocenters. The predicted molar refractivity (Wildman–Crippen MR) is 217 cm³/mol. The maximum absolute atomic E-state index is 12.8. The molecule has 0 aromatic carbocycles. The van der Waals surface area contributed by atoms with Gasteiger partial charge in [-0.3, -0.25) is 13.8 Å². The molecule has 0 fully saturated rings. The van der Waals surface area contributed by atoms with E-state index in [0.29, 0.717) is 17.4 Å². The van der Waals surface area contributed by atoms with Crippen LogP contribution in [0, 0.1) is 0 Å². The van der Waals surface area contributed by atoms with Gasteiger partial charge in [-0.15, -0.1) is 0 Å². The Morgan fingerprint density at radius 1 is 0.647 bits per heavy atom. The summed E-state index contributed by atoms with van der Waals surface area (Å²) in [5.74, 6) is -0.187. The third kappa shape index (κ3) is 37.1. The number of aliphatic hydroxyl groups is 1. The molecule has 0 aromatic rings. The van der Waals surface area contributed by atoms with Gasteiger partial charge in [0.1, 0.15) is 13.2 Å². The van der Waals surface area contributed by atoms with E-state index in [1.165, 1.54) is 128 Å². The van der Waals surface area contributed by atoms with E-state index in [4.69, 9.17) is 9.05 Å². The summed E-state index contributed by atoms with van der Waals surface area (Å²) in [6, 6.07) is -0.856. The highest BCUT2D eigenvalue weighted by Gasteiger charge is 2.27. The number of quaternary nitrogens is 1. The van der Waals surface area contributed by atoms with Gasteiger partial charge in [-0.2, -0.15) is 0 Å². The summed E-state index contributed by atoms with van der Waals surface area (Å²) in [6.07, 6.45) is 39.7. The van der Waals surface area contributed by atoms with E-state index in [9.17, 15) is 19.4 Å². The minimum atomic E-state index is -4.33. The molecule has 302 valence electrons. The van der Waals surface area contributed by atoms with Gasteiger partial charge < -0.3 is 19.8 Å². The number of hydrogen-bond acceptors (Lipinski definition) is 5. The van der Waals surface area contributed by atoms with Crippen LogP contribution < -0.4 is 5.32 Å². The van der Waals surface area contributed by atoms with Crippen LogP contribution in [0.1, 0.15) is 187 Å². The average molecular weight is 744 g/mol. The summed E-state index contributed by atoms with van der Waals surface area (Å²) >= 11 is 0. The van der Waals surface area contributed by atoms with Crippen LogP contribution in [-0.2, 0) is 18.4 Å². The van der Waals surface area contributed by atoms with Gasteiger partial charge >= 0.3 is 7.82 Å². The number of likely N-dealkylation sites (N-methyl/N-ethyl adjacent to an activating group) is 1. The quantitative estimate of drug-likeness (QED) is 0.0252. The van der Waals surface area contributed by atoms with Crippen molar-refractivity contribution in [3.63, 3.8) is 0 Å². The molecule has 3 N–H and O–H groups in total. The van der Waals surface area contributed by atoms with Crippen LogP contribution in [0.25, 0.3) is 0 Å². The highest BCUT2D eigenvalue weighted by molar-refractivity contribution is 7.47. The Kier molecular flexibility index (Phi) is 34.0. The van der Waals surface area contributed by atoms with Crippen LogP contribution in [0.5, 0.6) is 0 Å². The molecule has 0 heterocycles. The van der Waals surface area contributed by atoms with Crippen molar-refractivity contribution in [1.29, 1.82) is 0 Å². The third-order valence-corrected chi connectivity index (χ3v) is 10.4. The lowest BCUT2D eigenvalue weighted by molar-refractivity contribution is -0.870. The normalized spacial score (nSPS) is 14.7. The van der Waals surface area contributed by atoms with E-state index in [1.807, 2.05) is 27.2 Å². The highest BCUT2D eigenvalue weighted by atomic mass is 31.2. The molecule has 0 saturated carbocycles. The lowest BCUT2D eigenvalue weighted by Crippen LogP contribution is -2.45. The zero-order valence-corrected chi connectivity index (χ0v) is 35.0. The van der Waals surface area contributed by atoms with E-state index in [1.54, 1.807) is 6.08 Å². The number of phosphoric acid groups is 1. The number of carbonyl (C=O) groups excluding carboxylic acids is 1. The first-order valence-electron chi connectivity index (χ1n) is 21.2. The topological polar surface area (TPSA) is 105 Å². The molecular weight excluding hydrogens is 659 g/mol. The van der Waals surface area contributed by atoms with Gasteiger partial charge in [-0.25, -0.2) is 4.57 Å². The van der Waals surface area contributed by atoms with E-state index in [0.717, 1.165) is 38.5 Å². The van der Waals surface area contributed by atoms with Crippen molar-refractivity contribution in [3.05, 3.63) is 24.3 Å². The standard InChI is InChI=1S/C42H83N2O6P/c1-6-8-10-12-14-16-18-19-20-21-22-23-24-25-26-28-30-32-34-36-42(46)43-40(39-50-51(47,48)49-38-37-44(3,4)5)41(45)35-33-31-29-27-17-15-13-11-9-7-2/h17,27,33,35,40-41,45H,6-16,18-26,28-32,34,36-39H2,1-5H3,(H-,43,46,47,48)/p+1/b27-17+,35-33+. The van der Waals surface area contributed by atoms with Crippen molar-refractivity contribution in [2.24, 2.45) is 0 Å². The first-order chi connectivity index (χ1) is 24.5. The molecule has 0 aromatic heterocycles. The van der Waals surface area contributed by atoms with Gasteiger partial charge in [0.25, 0.3) is 0 Å². The van der Waals surface area contributed by atoms with Crippen LogP contribution in [-0.4, -0.2) is 73.4 Å². The second-order valence-corrected chi connectivity index (χ2v) is 17.2. The number of hydrogen-bond donors (Lipinski definition) is 3. The van der Waals surface area contributed by atoms with Crippen molar-refractivity contribution in [1.82, 2.24) is 5.32 Å². The van der Waals surface area contributed by atoms with Crippen LogP contribution in [0.15, 0.2) is 24.3 Å². The summed E-state index contributed by atoms with van der Waals surface area (Å²) in [7, 11) is 1.56. The minimum Gasteiger partial charge on any atom is -0.387 e. The fourth-order valence-corrected chi connectivity index (χ4v) is 6.73. The third-order valence-electron chi connectivity index (χ3n) is 9.42. The zero-order chi connectivity index (χ0) is 37.9. The first-order valence-corrected chi connectivity index (χ1v) is 22.7. The molecule has 9 heteroatoms. The summed E-state index contributed by atoms with van der Waals surface area (Å²) in [6.45, 7) is 4.76. The molecule has 0 bridgehead atoms. The number of allylic oxidation sites excluding steroid dienone is 3. The van der Waals surface area contributed by atoms with E-state index in [-0.39, 0.29) is 19.1 Å². The van der Waals surface area contributed by atoms with E-state index in [2.05, 4.69) is 31.3 Å². The molecule has 0 spiro atoms. The van der Waals surface area contributed by atoms with Crippen molar-refractivity contribution in [3.8, 4) is 0 Å². The summed E-state index contributed by atoms with van der Waals surface area (Å²) in [4.78, 5) is 23.0. The number of nitrogens with zero attached hydrogens (tertiary/aromatic N) is 1. The van der Waals surface area contributed by atoms with Gasteiger partial charge in [-0.1, -0.05) is 173 Å². The number of unbranched alkanes of at least 4 members (excludes halogenated alkanes) is 23. The second kappa shape index (κ2) is 34.7. The summed E-state index contributed by atoms with van der Waals surface area (Å²) in [5.41, 5.74) is 0. The fraction of sp³-hybridized carbons (Fsp3) is 0.881. The minimum absolute atomic E-state index is 0.0578. The Labute approximate surface area is 315 Å². The van der Waals surface area contributed by atoms with Gasteiger partial charge in [0.2, 0.25) is 5.91 Å². The van der Waals surface area contributed by atoms with Crippen molar-refractivity contribution < 1.29 is 32.9 Å². The SMILES string of the molecule is CCCCCC/C=C/CC/C=C/C(O)C(COP(=O)(O)OCC[N+](C)(C)C)NC(=O)CCCCCCCCCCCCCCCCCCCCC. The number of rotatable bonds is 38. The molecular formula is C42H84N2O6P+. The second-order valence-electron chi connectivity index (χ2n) is 15.7. The molecule has 3 unspecified atom stereocenters. The Balaban J connectivity index is 4.34. The molecule has 0 saturated heterocycles. The number of amides is 1. The number of nitrogens with one attached hydrogen (secondary N) is 1. The molecule has 0 aliphatic heterocycles. The van der Waals surface area contributed by atoms with Gasteiger partial charge in [0.15, 0.2) is 0 Å². The monoisotopic (exact) mass is 744 g/mol. The van der Waals surface area contributed by atoms with Gasteiger partial charge in [-0.05, 0) is 32.1 Å². The highest BCUT2D eigenvalue weighted by Crippen LogP contribution is 2.43. The average Bonchev–Trinajstić information content (AvgIpc) is 3.07. The molecule has 0 aliphatic rings. The Morgan fingerprint density at radius 3 is 1.57 bits per heavy atom. The number of aliphatic hydroxyl groups excluding tert-OH is 1. The first kappa shape index (κ1) is 50.0. The lowest BCUT2D eigenvalue weighted by atomic mass is 10.0. The van der Waals surface area contributed by atoms with Crippen molar-refractivity contribution in [2.45, 2.75) is 199 Å². The smallest absolute Gasteiger partial charge is 0.387 e. The van der Waals surface area contributed by atoms with Gasteiger partial charge in [0.05, 0.1) is 39.9 Å². The zero-order valence-electron chi connectivity index (χ0n) is 34.1. The van der Waals surface area contributed by atoms with Crippen LogP contribution in [0.2, 0.25) is 0 Å². The van der Waals surface area contributed by atoms with Crippen LogP contribution >= 0.6 is 7.82 Å². The molecule has 0 aliphatic carbocycles. The molecule has 51 heavy (non-hydrogen) atoms. The maximum Gasteiger partial charge on any atom is 0.472 e. The predicted octanol–water partition coefficient (Wildman–Crippen LogP) is 11.4. The molecule has 8 nitrogen and oxygen atoms in total. The van der Waals surface area contributed by atoms with Gasteiger partial charge in [0, 0.05) is 6.42 Å². The van der Waals surface area contributed by atoms with Crippen molar-refractivity contribution >= 4 is 13.7 Å². The summed E-state index contributed by atoms with van der Waals surface area (Å²) < 4.78 is 23.4. The Morgan fingerprint density at radius 2 is 1.08 bits per heavy atom. The Bertz CT molecular complexity index is 891. The maximum atomic E-state index is 12.8. The lowest BCUT2D eigenvalue weighted by Gasteiger charge is -2.25. The molecule has 0 rings (SSSR count). The van der Waals surface area contributed by atoms with Crippen molar-refractivity contribution in [2.75, 3.05) is 40.9 Å².